The van der Waals surface area contributed by atoms with Crippen LogP contribution < -0.4 is 5.32 Å². The van der Waals surface area contributed by atoms with Gasteiger partial charge in [0.25, 0.3) is 5.92 Å². The van der Waals surface area contributed by atoms with Crippen LogP contribution in [0.4, 0.5) is 8.78 Å². The van der Waals surface area contributed by atoms with E-state index in [2.05, 4.69) is 5.32 Å². The van der Waals surface area contributed by atoms with Gasteiger partial charge in [0.2, 0.25) is 5.91 Å². The van der Waals surface area contributed by atoms with E-state index in [1.54, 1.807) is 0 Å². The lowest BCUT2D eigenvalue weighted by atomic mass is 10.0. The van der Waals surface area contributed by atoms with E-state index >= 15 is 0 Å². The molecule has 0 spiro atoms. The molecule has 4 nitrogen and oxygen atoms in total. The van der Waals surface area contributed by atoms with Crippen molar-refractivity contribution in [1.29, 1.82) is 0 Å². The van der Waals surface area contributed by atoms with Gasteiger partial charge in [-0.05, 0) is 0 Å². The summed E-state index contributed by atoms with van der Waals surface area (Å²) < 4.78 is 31.4. The zero-order valence-corrected chi connectivity index (χ0v) is 9.21. The van der Waals surface area contributed by atoms with Gasteiger partial charge in [-0.1, -0.05) is 0 Å². The van der Waals surface area contributed by atoms with Gasteiger partial charge in [-0.3, -0.25) is 4.79 Å². The molecule has 2 rings (SSSR count). The molecule has 0 aliphatic carbocycles. The highest BCUT2D eigenvalue weighted by atomic mass is 19.3. The van der Waals surface area contributed by atoms with Crippen LogP contribution in [-0.4, -0.2) is 56.1 Å². The molecule has 2 heterocycles. The van der Waals surface area contributed by atoms with E-state index in [1.807, 2.05) is 0 Å². The lowest BCUT2D eigenvalue weighted by Gasteiger charge is -2.32. The van der Waals surface area contributed by atoms with Crippen LogP contribution in [-0.2, 0) is 9.53 Å². The summed E-state index contributed by atoms with van der Waals surface area (Å²) in [5.41, 5.74) is 0. The number of nitrogens with one attached hydrogen (secondary N) is 1. The second-order valence-corrected chi connectivity index (χ2v) is 4.49. The molecule has 2 saturated heterocycles. The molecule has 0 aromatic heterocycles. The Bertz CT molecular complexity index is 282. The predicted molar refractivity (Wildman–Crippen MR) is 53.3 cm³/mol. The normalized spacial score (nSPS) is 29.2. The average molecular weight is 234 g/mol. The van der Waals surface area contributed by atoms with Crippen molar-refractivity contribution in [2.24, 2.45) is 5.92 Å². The number of methoxy groups -OCH3 is 1. The number of halogens is 2. The summed E-state index contributed by atoms with van der Waals surface area (Å²) in [5, 5.41) is 2.97. The van der Waals surface area contributed by atoms with Crippen LogP contribution in [0.5, 0.6) is 0 Å². The molecule has 1 N–H and O–H groups in total. The molecule has 6 heteroatoms. The van der Waals surface area contributed by atoms with Crippen LogP contribution in [0, 0.1) is 5.92 Å². The number of hydrogen-bond acceptors (Lipinski definition) is 3. The summed E-state index contributed by atoms with van der Waals surface area (Å²) in [4.78, 5) is 13.2. The monoisotopic (exact) mass is 234 g/mol. The Balaban J connectivity index is 2.02. The Morgan fingerprint density at radius 3 is 2.75 bits per heavy atom. The number of nitrogens with zero attached hydrogens (tertiary/aromatic N) is 1. The molecule has 2 aliphatic heterocycles. The Morgan fingerprint density at radius 1 is 1.56 bits per heavy atom. The SMILES string of the molecule is COC[C@@H]1CC(F)(F)CN1C(=O)C1CNC1. The lowest BCUT2D eigenvalue weighted by molar-refractivity contribution is -0.140. The summed E-state index contributed by atoms with van der Waals surface area (Å²) in [6, 6.07) is -0.479. The van der Waals surface area contributed by atoms with E-state index < -0.39 is 18.5 Å². The summed E-state index contributed by atoms with van der Waals surface area (Å²) in [5.74, 6) is -3.07. The molecule has 16 heavy (non-hydrogen) atoms. The standard InChI is InChI=1S/C10H16F2N2O2/c1-16-5-8-2-10(11,12)6-14(8)9(15)7-3-13-4-7/h7-8,13H,2-6H2,1H3/t8-/m0/s1. The molecule has 2 fully saturated rings. The Morgan fingerprint density at radius 2 is 2.25 bits per heavy atom. The zero-order valence-electron chi connectivity index (χ0n) is 9.21. The van der Waals surface area contributed by atoms with Gasteiger partial charge in [0.05, 0.1) is 25.1 Å². The molecule has 1 atom stereocenters. The topological polar surface area (TPSA) is 41.6 Å². The molecule has 92 valence electrons. The molecule has 2 aliphatic rings. The molecule has 0 unspecified atom stereocenters. The van der Waals surface area contributed by atoms with Crippen LogP contribution in [0.3, 0.4) is 0 Å². The number of rotatable bonds is 3. The number of carbonyl (C=O) groups excluding carboxylic acids is 1. The lowest BCUT2D eigenvalue weighted by Crippen LogP contribution is -2.53. The first kappa shape index (κ1) is 11.7. The summed E-state index contributed by atoms with van der Waals surface area (Å²) in [6.07, 6.45) is -0.285. The van der Waals surface area contributed by atoms with Crippen molar-refractivity contribution < 1.29 is 18.3 Å². The second kappa shape index (κ2) is 4.25. The largest absolute Gasteiger partial charge is 0.383 e. The first-order valence-corrected chi connectivity index (χ1v) is 5.41. The van der Waals surface area contributed by atoms with Gasteiger partial charge in [0.15, 0.2) is 0 Å². The van der Waals surface area contributed by atoms with Gasteiger partial charge in [-0.2, -0.15) is 0 Å². The van der Waals surface area contributed by atoms with Gasteiger partial charge in [-0.25, -0.2) is 8.78 Å². The van der Waals surface area contributed by atoms with Crippen molar-refractivity contribution in [1.82, 2.24) is 10.2 Å². The summed E-state index contributed by atoms with van der Waals surface area (Å²) in [6.45, 7) is 0.916. The van der Waals surface area contributed by atoms with Crippen molar-refractivity contribution in [3.05, 3.63) is 0 Å². The number of ether oxygens (including phenoxy) is 1. The molecule has 0 aromatic rings. The van der Waals surface area contributed by atoms with Crippen molar-refractivity contribution in [3.63, 3.8) is 0 Å². The summed E-state index contributed by atoms with van der Waals surface area (Å²) >= 11 is 0. The van der Waals surface area contributed by atoms with Crippen LogP contribution in [0.15, 0.2) is 0 Å². The molecule has 0 saturated carbocycles. The fourth-order valence-corrected chi connectivity index (χ4v) is 2.19. The Labute approximate surface area is 92.9 Å². The van der Waals surface area contributed by atoms with E-state index in [9.17, 15) is 13.6 Å². The average Bonchev–Trinajstić information content (AvgIpc) is 2.39. The minimum atomic E-state index is -2.77. The molecule has 0 aromatic carbocycles. The molecular formula is C10H16F2N2O2. The maximum absolute atomic E-state index is 13.2. The number of alkyl halides is 2. The minimum Gasteiger partial charge on any atom is -0.383 e. The van der Waals surface area contributed by atoms with E-state index in [0.717, 1.165) is 0 Å². The first-order chi connectivity index (χ1) is 7.53. The quantitative estimate of drug-likeness (QED) is 0.752. The van der Waals surface area contributed by atoms with E-state index in [4.69, 9.17) is 4.74 Å². The highest BCUT2D eigenvalue weighted by molar-refractivity contribution is 5.81. The van der Waals surface area contributed by atoms with Crippen molar-refractivity contribution in [2.45, 2.75) is 18.4 Å². The Kier molecular flexibility index (Phi) is 3.12. The maximum Gasteiger partial charge on any atom is 0.267 e. The molecular weight excluding hydrogens is 218 g/mol. The third kappa shape index (κ3) is 2.17. The van der Waals surface area contributed by atoms with Gasteiger partial charge in [0, 0.05) is 26.6 Å². The predicted octanol–water partition coefficient (Wildman–Crippen LogP) is 0.0884. The summed E-state index contributed by atoms with van der Waals surface area (Å²) in [7, 11) is 1.46. The van der Waals surface area contributed by atoms with Crippen molar-refractivity contribution >= 4 is 5.91 Å². The van der Waals surface area contributed by atoms with Gasteiger partial charge in [0.1, 0.15) is 0 Å². The van der Waals surface area contributed by atoms with Crippen LogP contribution >= 0.6 is 0 Å². The number of amides is 1. The number of hydrogen-bond donors (Lipinski definition) is 1. The smallest absolute Gasteiger partial charge is 0.267 e. The van der Waals surface area contributed by atoms with Crippen molar-refractivity contribution in [3.8, 4) is 0 Å². The zero-order chi connectivity index (χ0) is 11.8. The number of likely N-dealkylation sites (tertiary alicyclic amines) is 1. The first-order valence-electron chi connectivity index (χ1n) is 5.41. The van der Waals surface area contributed by atoms with Gasteiger partial charge in [-0.15, -0.1) is 0 Å². The van der Waals surface area contributed by atoms with Gasteiger partial charge < -0.3 is 15.0 Å². The minimum absolute atomic E-state index is 0.131. The van der Waals surface area contributed by atoms with Crippen molar-refractivity contribution in [2.75, 3.05) is 33.4 Å². The van der Waals surface area contributed by atoms with Crippen LogP contribution in [0.25, 0.3) is 0 Å². The fraction of sp³-hybridized carbons (Fsp3) is 0.900. The van der Waals surface area contributed by atoms with E-state index in [0.29, 0.717) is 13.1 Å². The maximum atomic E-state index is 13.2. The molecule has 1 amide bonds. The molecule has 0 bridgehead atoms. The second-order valence-electron chi connectivity index (χ2n) is 4.49. The van der Waals surface area contributed by atoms with Crippen LogP contribution in [0.1, 0.15) is 6.42 Å². The van der Waals surface area contributed by atoms with E-state index in [1.165, 1.54) is 12.0 Å². The molecule has 0 radical (unpaired) electrons. The van der Waals surface area contributed by atoms with Crippen LogP contribution in [0.2, 0.25) is 0 Å². The fourth-order valence-electron chi connectivity index (χ4n) is 2.19. The highest BCUT2D eigenvalue weighted by Crippen LogP contribution is 2.33. The third-order valence-corrected chi connectivity index (χ3v) is 3.15. The Hall–Kier alpha value is -0.750. The number of carbonyl (C=O) groups is 1. The highest BCUT2D eigenvalue weighted by Gasteiger charge is 2.48. The van der Waals surface area contributed by atoms with E-state index in [-0.39, 0.29) is 24.9 Å². The van der Waals surface area contributed by atoms with Gasteiger partial charge >= 0.3 is 0 Å². The third-order valence-electron chi connectivity index (χ3n) is 3.15.